The number of hydrogen-bond acceptors (Lipinski definition) is 2. The average molecular weight is 150 g/mol. The minimum absolute atomic E-state index is 0.554. The van der Waals surface area contributed by atoms with E-state index in [0.29, 0.717) is 6.17 Å². The first-order valence-corrected chi connectivity index (χ1v) is 4.27. The fourth-order valence-corrected chi connectivity index (χ4v) is 1.62. The van der Waals surface area contributed by atoms with Crippen LogP contribution in [0.4, 0.5) is 0 Å². The van der Waals surface area contributed by atoms with Gasteiger partial charge >= 0.3 is 0 Å². The molecule has 0 spiro atoms. The monoisotopic (exact) mass is 150 g/mol. The van der Waals surface area contributed by atoms with Crippen LogP contribution in [0.15, 0.2) is 24.4 Å². The maximum atomic E-state index is 3.45. The molecule has 1 atom stereocenters. The van der Waals surface area contributed by atoms with E-state index in [1.165, 1.54) is 13.0 Å². The molecule has 0 bridgehead atoms. The summed E-state index contributed by atoms with van der Waals surface area (Å²) in [6.07, 6.45) is 11.8. The van der Waals surface area contributed by atoms with Gasteiger partial charge in [-0.25, -0.2) is 0 Å². The molecule has 0 radical (unpaired) electrons. The van der Waals surface area contributed by atoms with Crippen LogP contribution in [0.5, 0.6) is 0 Å². The molecule has 0 aromatic carbocycles. The van der Waals surface area contributed by atoms with Gasteiger partial charge in [-0.1, -0.05) is 18.2 Å². The topological polar surface area (TPSA) is 15.3 Å². The zero-order valence-corrected chi connectivity index (χ0v) is 6.66. The quantitative estimate of drug-likeness (QED) is 0.563. The van der Waals surface area contributed by atoms with Crippen LogP contribution in [-0.4, -0.2) is 24.2 Å². The molecule has 0 fully saturated rings. The Bertz CT molecular complexity index is 184. The molecule has 2 rings (SSSR count). The van der Waals surface area contributed by atoms with Crippen LogP contribution in [0.25, 0.3) is 0 Å². The van der Waals surface area contributed by atoms with Crippen molar-refractivity contribution in [3.63, 3.8) is 0 Å². The Kier molecular flexibility index (Phi) is 1.95. The molecule has 1 unspecified atom stereocenters. The summed E-state index contributed by atoms with van der Waals surface area (Å²) in [5.74, 6) is 0. The summed E-state index contributed by atoms with van der Waals surface area (Å²) >= 11 is 0. The van der Waals surface area contributed by atoms with Crippen molar-refractivity contribution in [2.24, 2.45) is 0 Å². The van der Waals surface area contributed by atoms with Gasteiger partial charge in [-0.05, 0) is 19.0 Å². The second-order valence-corrected chi connectivity index (χ2v) is 3.04. The van der Waals surface area contributed by atoms with Crippen LogP contribution in [0.1, 0.15) is 12.8 Å². The van der Waals surface area contributed by atoms with Gasteiger partial charge in [0, 0.05) is 13.1 Å². The first-order valence-electron chi connectivity index (χ1n) is 4.27. The van der Waals surface area contributed by atoms with E-state index < -0.39 is 0 Å². The zero-order chi connectivity index (χ0) is 7.52. The first-order chi connectivity index (χ1) is 5.47. The summed E-state index contributed by atoms with van der Waals surface area (Å²) in [7, 11) is 0. The van der Waals surface area contributed by atoms with Crippen molar-refractivity contribution >= 4 is 0 Å². The number of nitrogens with one attached hydrogen (secondary N) is 1. The molecular weight excluding hydrogens is 136 g/mol. The smallest absolute Gasteiger partial charge is 0.0827 e. The van der Waals surface area contributed by atoms with Gasteiger partial charge in [0.05, 0.1) is 6.17 Å². The molecule has 0 amide bonds. The van der Waals surface area contributed by atoms with E-state index in [1.54, 1.807) is 0 Å². The van der Waals surface area contributed by atoms with Crippen LogP contribution in [0, 0.1) is 0 Å². The van der Waals surface area contributed by atoms with Crippen molar-refractivity contribution in [3.05, 3.63) is 24.4 Å². The molecule has 0 aliphatic carbocycles. The molecule has 1 N–H and O–H groups in total. The normalized spacial score (nSPS) is 29.8. The van der Waals surface area contributed by atoms with Gasteiger partial charge in [-0.15, -0.1) is 0 Å². The molecule has 0 aromatic rings. The molecule has 2 aliphatic heterocycles. The first kappa shape index (κ1) is 6.92. The number of hydrogen-bond donors (Lipinski definition) is 1. The maximum absolute atomic E-state index is 3.45. The highest BCUT2D eigenvalue weighted by Gasteiger charge is 2.16. The van der Waals surface area contributed by atoms with Crippen molar-refractivity contribution in [1.29, 1.82) is 0 Å². The summed E-state index contributed by atoms with van der Waals surface area (Å²) in [4.78, 5) is 2.38. The summed E-state index contributed by atoms with van der Waals surface area (Å²) in [6, 6.07) is 0. The highest BCUT2D eigenvalue weighted by molar-refractivity contribution is 5.00. The lowest BCUT2D eigenvalue weighted by molar-refractivity contribution is 0.252. The predicted octanol–water partition coefficient (Wildman–Crippen LogP) is 1.08. The van der Waals surface area contributed by atoms with Crippen LogP contribution in [0.3, 0.4) is 0 Å². The Morgan fingerprint density at radius 3 is 2.91 bits per heavy atom. The van der Waals surface area contributed by atoms with Crippen molar-refractivity contribution in [3.8, 4) is 0 Å². The van der Waals surface area contributed by atoms with Crippen molar-refractivity contribution in [2.75, 3.05) is 13.1 Å². The van der Waals surface area contributed by atoms with Crippen LogP contribution in [0.2, 0.25) is 0 Å². The van der Waals surface area contributed by atoms with Crippen LogP contribution >= 0.6 is 0 Å². The summed E-state index contributed by atoms with van der Waals surface area (Å²) in [5.41, 5.74) is 0. The molecule has 0 aromatic heterocycles. The van der Waals surface area contributed by atoms with Gasteiger partial charge in [0.1, 0.15) is 0 Å². The molecule has 11 heavy (non-hydrogen) atoms. The Hall–Kier alpha value is -0.760. The standard InChI is InChI=1S/C9H14N2/c1-2-6-10-9(5-1)11-7-3-4-8-11/h1-3,7,9-10H,4-6,8H2. The molecule has 0 saturated carbocycles. The SMILES string of the molecule is C1=CN(C2CC=CCN2)CC1. The van der Waals surface area contributed by atoms with Gasteiger partial charge < -0.3 is 4.90 Å². The van der Waals surface area contributed by atoms with E-state index in [4.69, 9.17) is 0 Å². The molecule has 2 heteroatoms. The summed E-state index contributed by atoms with van der Waals surface area (Å²) < 4.78 is 0. The second kappa shape index (κ2) is 3.09. The maximum Gasteiger partial charge on any atom is 0.0827 e. The molecule has 60 valence electrons. The molecule has 2 heterocycles. The van der Waals surface area contributed by atoms with Gasteiger partial charge in [0.2, 0.25) is 0 Å². The summed E-state index contributed by atoms with van der Waals surface area (Å²) in [6.45, 7) is 2.21. The average Bonchev–Trinajstić information content (AvgIpc) is 2.58. The van der Waals surface area contributed by atoms with E-state index >= 15 is 0 Å². The van der Waals surface area contributed by atoms with E-state index in [2.05, 4.69) is 34.6 Å². The highest BCUT2D eigenvalue weighted by atomic mass is 15.3. The second-order valence-electron chi connectivity index (χ2n) is 3.04. The van der Waals surface area contributed by atoms with Crippen LogP contribution in [-0.2, 0) is 0 Å². The van der Waals surface area contributed by atoms with Crippen LogP contribution < -0.4 is 5.32 Å². The Balaban J connectivity index is 1.93. The van der Waals surface area contributed by atoms with Gasteiger partial charge in [-0.2, -0.15) is 0 Å². The van der Waals surface area contributed by atoms with Crippen molar-refractivity contribution < 1.29 is 0 Å². The largest absolute Gasteiger partial charge is 0.362 e. The number of rotatable bonds is 1. The van der Waals surface area contributed by atoms with Gasteiger partial charge in [0.25, 0.3) is 0 Å². The Labute approximate surface area is 67.6 Å². The Morgan fingerprint density at radius 2 is 2.27 bits per heavy atom. The van der Waals surface area contributed by atoms with Crippen molar-refractivity contribution in [1.82, 2.24) is 10.2 Å². The van der Waals surface area contributed by atoms with E-state index in [9.17, 15) is 0 Å². The lowest BCUT2D eigenvalue weighted by Crippen LogP contribution is -2.43. The zero-order valence-electron chi connectivity index (χ0n) is 6.66. The highest BCUT2D eigenvalue weighted by Crippen LogP contribution is 2.12. The summed E-state index contributed by atoms with van der Waals surface area (Å²) in [5, 5.41) is 3.45. The van der Waals surface area contributed by atoms with Gasteiger partial charge in [-0.3, -0.25) is 5.32 Å². The lowest BCUT2D eigenvalue weighted by atomic mass is 10.2. The fourth-order valence-electron chi connectivity index (χ4n) is 1.62. The third-order valence-corrected chi connectivity index (χ3v) is 2.25. The molecular formula is C9H14N2. The minimum Gasteiger partial charge on any atom is -0.362 e. The van der Waals surface area contributed by atoms with E-state index in [0.717, 1.165) is 13.0 Å². The molecule has 2 aliphatic rings. The van der Waals surface area contributed by atoms with E-state index in [-0.39, 0.29) is 0 Å². The fraction of sp³-hybridized carbons (Fsp3) is 0.556. The van der Waals surface area contributed by atoms with E-state index in [1.807, 2.05) is 0 Å². The third kappa shape index (κ3) is 1.46. The minimum atomic E-state index is 0.554. The number of nitrogens with zero attached hydrogens (tertiary/aromatic N) is 1. The predicted molar refractivity (Wildman–Crippen MR) is 46.0 cm³/mol. The third-order valence-electron chi connectivity index (χ3n) is 2.25. The Morgan fingerprint density at radius 1 is 1.27 bits per heavy atom. The van der Waals surface area contributed by atoms with Crippen molar-refractivity contribution in [2.45, 2.75) is 19.0 Å². The molecule has 2 nitrogen and oxygen atoms in total. The molecule has 0 saturated heterocycles. The lowest BCUT2D eigenvalue weighted by Gasteiger charge is -2.29. The van der Waals surface area contributed by atoms with Gasteiger partial charge in [0.15, 0.2) is 0 Å².